The number of amides is 2. The number of nitrogens with zero attached hydrogens (tertiary/aromatic N) is 3. The Balaban J connectivity index is 1.77. The van der Waals surface area contributed by atoms with Crippen LogP contribution in [0.15, 0.2) is 35.2 Å². The molecule has 1 aromatic heterocycles. The van der Waals surface area contributed by atoms with E-state index in [1.54, 1.807) is 23.1 Å². The summed E-state index contributed by atoms with van der Waals surface area (Å²) in [6.07, 6.45) is 1.47. The third-order valence-corrected chi connectivity index (χ3v) is 7.34. The number of aromatic amines is 1. The van der Waals surface area contributed by atoms with Crippen molar-refractivity contribution >= 4 is 21.8 Å². The molecular weight excluding hydrogens is 406 g/mol. The van der Waals surface area contributed by atoms with Gasteiger partial charge in [-0.05, 0) is 57.0 Å². The normalized spacial score (nSPS) is 17.6. The van der Waals surface area contributed by atoms with Crippen LogP contribution in [0.1, 0.15) is 59.1 Å². The van der Waals surface area contributed by atoms with Gasteiger partial charge in [0.1, 0.15) is 5.69 Å². The van der Waals surface area contributed by atoms with E-state index in [0.717, 1.165) is 6.42 Å². The molecule has 0 spiro atoms. The maximum atomic E-state index is 13.1. The molecule has 0 bridgehead atoms. The number of benzene rings is 1. The molecule has 1 aliphatic heterocycles. The molecule has 1 fully saturated rings. The number of carbonyl (C=O) groups is 2. The van der Waals surface area contributed by atoms with Gasteiger partial charge in [-0.15, -0.1) is 0 Å². The lowest BCUT2D eigenvalue weighted by atomic mass is 9.96. The summed E-state index contributed by atoms with van der Waals surface area (Å²) in [6.45, 7) is 5.68. The number of hydrogen-bond acceptors (Lipinski definition) is 5. The first-order valence-electron chi connectivity index (χ1n) is 10.0. The van der Waals surface area contributed by atoms with Crippen LogP contribution in [-0.4, -0.2) is 65.8 Å². The number of rotatable bonds is 7. The zero-order valence-electron chi connectivity index (χ0n) is 17.2. The largest absolute Gasteiger partial charge is 0.364 e. The maximum Gasteiger partial charge on any atom is 0.269 e. The monoisotopic (exact) mass is 433 g/mol. The number of hydrogen-bond donors (Lipinski definition) is 2. The molecule has 0 aliphatic carbocycles. The lowest BCUT2D eigenvalue weighted by molar-refractivity contribution is 0.0772. The molecule has 9 nitrogen and oxygen atoms in total. The Hall–Kier alpha value is -2.72. The van der Waals surface area contributed by atoms with Gasteiger partial charge >= 0.3 is 0 Å². The van der Waals surface area contributed by atoms with Gasteiger partial charge in [0.25, 0.3) is 11.8 Å². The van der Waals surface area contributed by atoms with Gasteiger partial charge < -0.3 is 10.6 Å². The fourth-order valence-corrected chi connectivity index (χ4v) is 5.22. The second-order valence-corrected chi connectivity index (χ2v) is 9.21. The molecule has 1 saturated heterocycles. The fraction of sp³-hybridized carbons (Fsp3) is 0.450. The summed E-state index contributed by atoms with van der Waals surface area (Å²) in [5.41, 5.74) is 6.54. The molecule has 30 heavy (non-hydrogen) atoms. The lowest BCUT2D eigenvalue weighted by Gasteiger charge is -2.31. The standard InChI is InChI=1S/C20H27N5O4S/c1-3-24(4-2)20(27)14-7-9-16(10-8-14)30(28,29)25-11-5-6-15(13-25)17-12-18(19(21)26)23-22-17/h7-10,12,15H,3-6,11,13H2,1-2H3,(H2,21,26)(H,22,23)/t15-/m0/s1. The molecule has 2 heterocycles. The summed E-state index contributed by atoms with van der Waals surface area (Å²) in [6, 6.07) is 7.66. The molecule has 0 saturated carbocycles. The first-order chi connectivity index (χ1) is 14.3. The summed E-state index contributed by atoms with van der Waals surface area (Å²) >= 11 is 0. The van der Waals surface area contributed by atoms with Crippen molar-refractivity contribution in [1.29, 1.82) is 0 Å². The van der Waals surface area contributed by atoms with Gasteiger partial charge in [0.15, 0.2) is 0 Å². The Morgan fingerprint density at radius 1 is 1.23 bits per heavy atom. The molecule has 1 atom stereocenters. The third-order valence-electron chi connectivity index (χ3n) is 5.46. The average molecular weight is 434 g/mol. The highest BCUT2D eigenvalue weighted by Gasteiger charge is 2.32. The van der Waals surface area contributed by atoms with Crippen molar-refractivity contribution in [1.82, 2.24) is 19.4 Å². The van der Waals surface area contributed by atoms with E-state index in [1.807, 2.05) is 13.8 Å². The Morgan fingerprint density at radius 3 is 2.47 bits per heavy atom. The zero-order valence-corrected chi connectivity index (χ0v) is 18.0. The SMILES string of the molecule is CCN(CC)C(=O)c1ccc(S(=O)(=O)N2CCC[C@H](c3cc(C(N)=O)n[nH]3)C2)cc1. The summed E-state index contributed by atoms with van der Waals surface area (Å²) in [4.78, 5) is 25.5. The molecule has 3 rings (SSSR count). The van der Waals surface area contributed by atoms with E-state index in [4.69, 9.17) is 5.73 Å². The predicted octanol–water partition coefficient (Wildman–Crippen LogP) is 1.56. The molecule has 3 N–H and O–H groups in total. The molecule has 2 amide bonds. The van der Waals surface area contributed by atoms with Crippen LogP contribution in [0.2, 0.25) is 0 Å². The van der Waals surface area contributed by atoms with E-state index in [2.05, 4.69) is 10.2 Å². The molecule has 1 aliphatic rings. The molecular formula is C20H27N5O4S. The van der Waals surface area contributed by atoms with Gasteiger partial charge in [0, 0.05) is 43.4 Å². The first kappa shape index (κ1) is 22.0. The highest BCUT2D eigenvalue weighted by Crippen LogP contribution is 2.29. The summed E-state index contributed by atoms with van der Waals surface area (Å²) in [7, 11) is -3.70. The van der Waals surface area contributed by atoms with Crippen molar-refractivity contribution in [2.45, 2.75) is 37.5 Å². The Kier molecular flexibility index (Phi) is 6.57. The van der Waals surface area contributed by atoms with Crippen LogP contribution in [0.5, 0.6) is 0 Å². The first-order valence-corrected chi connectivity index (χ1v) is 11.5. The van der Waals surface area contributed by atoms with E-state index in [9.17, 15) is 18.0 Å². The zero-order chi connectivity index (χ0) is 21.9. The van der Waals surface area contributed by atoms with Crippen LogP contribution in [0.3, 0.4) is 0 Å². The minimum Gasteiger partial charge on any atom is -0.364 e. The van der Waals surface area contributed by atoms with Crippen molar-refractivity contribution in [3.63, 3.8) is 0 Å². The van der Waals surface area contributed by atoms with Gasteiger partial charge in [-0.3, -0.25) is 14.7 Å². The Labute approximate surface area is 176 Å². The minimum absolute atomic E-state index is 0.0994. The highest BCUT2D eigenvalue weighted by atomic mass is 32.2. The number of sulfonamides is 1. The second-order valence-electron chi connectivity index (χ2n) is 7.28. The second kappa shape index (κ2) is 8.97. The van der Waals surface area contributed by atoms with E-state index >= 15 is 0 Å². The third kappa shape index (κ3) is 4.39. The van der Waals surface area contributed by atoms with E-state index in [0.29, 0.717) is 37.3 Å². The number of carbonyl (C=O) groups excluding carboxylic acids is 2. The van der Waals surface area contributed by atoms with Crippen molar-refractivity contribution in [3.8, 4) is 0 Å². The van der Waals surface area contributed by atoms with Gasteiger partial charge in [-0.2, -0.15) is 9.40 Å². The average Bonchev–Trinajstić information content (AvgIpc) is 3.25. The van der Waals surface area contributed by atoms with Gasteiger partial charge in [0.05, 0.1) is 4.90 Å². The quantitative estimate of drug-likeness (QED) is 0.684. The molecule has 162 valence electrons. The van der Waals surface area contributed by atoms with Crippen molar-refractivity contribution < 1.29 is 18.0 Å². The number of primary amides is 1. The molecule has 0 unspecified atom stereocenters. The minimum atomic E-state index is -3.70. The number of nitrogens with one attached hydrogen (secondary N) is 1. The molecule has 0 radical (unpaired) electrons. The fourth-order valence-electron chi connectivity index (χ4n) is 3.70. The lowest BCUT2D eigenvalue weighted by Crippen LogP contribution is -2.39. The Morgan fingerprint density at radius 2 is 1.90 bits per heavy atom. The van der Waals surface area contributed by atoms with Crippen molar-refractivity contribution in [2.24, 2.45) is 5.73 Å². The van der Waals surface area contributed by atoms with Crippen LogP contribution in [0.4, 0.5) is 0 Å². The summed E-state index contributed by atoms with van der Waals surface area (Å²) in [5.74, 6) is -0.846. The summed E-state index contributed by atoms with van der Waals surface area (Å²) < 4.78 is 27.7. The maximum absolute atomic E-state index is 13.1. The molecule has 2 aromatic rings. The molecule has 10 heteroatoms. The van der Waals surface area contributed by atoms with Crippen LogP contribution >= 0.6 is 0 Å². The predicted molar refractivity (Wildman–Crippen MR) is 112 cm³/mol. The van der Waals surface area contributed by atoms with Gasteiger partial charge in [-0.1, -0.05) is 0 Å². The number of nitrogens with two attached hydrogens (primary N) is 1. The van der Waals surface area contributed by atoms with E-state index in [1.165, 1.54) is 16.4 Å². The molecule has 1 aromatic carbocycles. The van der Waals surface area contributed by atoms with Crippen molar-refractivity contribution in [3.05, 3.63) is 47.3 Å². The van der Waals surface area contributed by atoms with Crippen LogP contribution in [0.25, 0.3) is 0 Å². The van der Waals surface area contributed by atoms with Crippen LogP contribution in [0, 0.1) is 0 Å². The van der Waals surface area contributed by atoms with Gasteiger partial charge in [0.2, 0.25) is 10.0 Å². The van der Waals surface area contributed by atoms with Gasteiger partial charge in [-0.25, -0.2) is 8.42 Å². The summed E-state index contributed by atoms with van der Waals surface area (Å²) in [5, 5.41) is 6.68. The number of aromatic nitrogens is 2. The number of piperidine rings is 1. The van der Waals surface area contributed by atoms with E-state index in [-0.39, 0.29) is 29.0 Å². The highest BCUT2D eigenvalue weighted by molar-refractivity contribution is 7.89. The van der Waals surface area contributed by atoms with Crippen LogP contribution < -0.4 is 5.73 Å². The number of H-pyrrole nitrogens is 1. The van der Waals surface area contributed by atoms with Crippen molar-refractivity contribution in [2.75, 3.05) is 26.2 Å². The smallest absolute Gasteiger partial charge is 0.269 e. The topological polar surface area (TPSA) is 129 Å². The van der Waals surface area contributed by atoms with Crippen LogP contribution in [-0.2, 0) is 10.0 Å². The van der Waals surface area contributed by atoms with E-state index < -0.39 is 15.9 Å². The Bertz CT molecular complexity index is 1010.